The van der Waals surface area contributed by atoms with E-state index in [-0.39, 0.29) is 25.7 Å². The molecule has 0 aliphatic rings. The molecule has 606 valence electrons. The number of carbonyl (C=O) groups excluding carboxylic acids is 4. The summed E-state index contributed by atoms with van der Waals surface area (Å²) in [6.45, 7) is 4.51. The van der Waals surface area contributed by atoms with Crippen molar-refractivity contribution in [2.75, 3.05) is 39.6 Å². The minimum Gasteiger partial charge on any atom is -0.462 e. The monoisotopic (exact) mass is 1530 g/mol. The van der Waals surface area contributed by atoms with E-state index in [1.807, 2.05) is 0 Å². The lowest BCUT2D eigenvalue weighted by Gasteiger charge is -2.21. The molecule has 0 amide bonds. The first-order valence-corrected chi connectivity index (χ1v) is 44.1. The molecule has 0 aliphatic heterocycles. The number of phosphoric acid groups is 2. The summed E-state index contributed by atoms with van der Waals surface area (Å²) < 4.78 is 68.7. The highest BCUT2D eigenvalue weighted by Gasteiger charge is 2.30. The molecule has 0 spiro atoms. The standard InChI is InChI=1S/C87H146O17P2/c1-5-9-13-17-21-25-29-33-36-38-40-42-45-48-51-55-59-63-67-71-84(89)97-77-82(103-86(91)73-69-65-61-57-53-47-32-28-24-20-16-12-8-4)79-101-105(93,94)99-75-81(88)76-100-106(95,96)102-80-83(104-87(92)74-70-66-62-58-54-50-44-35-31-27-23-19-15-11-7-3)78-98-85(90)72-68-64-60-56-52-49-46-43-41-39-37-34-30-26-22-18-14-10-6-2/h9,11,13,15-16,20-23,25-28,32-37,40-44,81-83,88H,5-8,10,12,14,17-19,24,29-31,38-39,45-80H2,1-4H3,(H,93,94)(H,95,96)/b13-9-,15-11-,20-16-,25-21-,26-22-,27-23-,32-28-,36-33-,37-34-,42-40-,43-41-,44-35-. The number of aliphatic hydroxyl groups is 1. The summed E-state index contributed by atoms with van der Waals surface area (Å²) in [4.78, 5) is 73.1. The molecule has 0 radical (unpaired) electrons. The van der Waals surface area contributed by atoms with E-state index in [0.717, 1.165) is 225 Å². The Hall–Kier alpha value is -5.06. The predicted octanol–water partition coefficient (Wildman–Crippen LogP) is 24.2. The number of hydrogen-bond donors (Lipinski definition) is 3. The molecule has 0 bridgehead atoms. The number of carbonyl (C=O) groups is 4. The van der Waals surface area contributed by atoms with E-state index in [0.29, 0.717) is 25.7 Å². The Kier molecular flexibility index (Phi) is 74.3. The molecule has 0 fully saturated rings. The van der Waals surface area contributed by atoms with Gasteiger partial charge in [-0.15, -0.1) is 0 Å². The van der Waals surface area contributed by atoms with Gasteiger partial charge in [0.2, 0.25) is 0 Å². The molecule has 106 heavy (non-hydrogen) atoms. The van der Waals surface area contributed by atoms with Gasteiger partial charge in [0.1, 0.15) is 19.3 Å². The first-order chi connectivity index (χ1) is 51.7. The molecule has 0 aliphatic carbocycles. The highest BCUT2D eigenvalue weighted by Crippen LogP contribution is 2.45. The van der Waals surface area contributed by atoms with Crippen molar-refractivity contribution in [3.8, 4) is 0 Å². The number of rotatable bonds is 76. The first-order valence-electron chi connectivity index (χ1n) is 41.1. The molecule has 5 unspecified atom stereocenters. The topological polar surface area (TPSA) is 237 Å². The van der Waals surface area contributed by atoms with Crippen LogP contribution in [0.1, 0.15) is 323 Å². The number of phosphoric ester groups is 2. The number of esters is 4. The van der Waals surface area contributed by atoms with E-state index in [1.165, 1.54) is 19.3 Å². The lowest BCUT2D eigenvalue weighted by Crippen LogP contribution is -2.30. The Labute approximate surface area is 643 Å². The van der Waals surface area contributed by atoms with Crippen molar-refractivity contribution in [3.05, 3.63) is 146 Å². The Morgan fingerprint density at radius 3 is 0.792 bits per heavy atom. The molecule has 0 saturated heterocycles. The van der Waals surface area contributed by atoms with E-state index < -0.39 is 97.5 Å². The Morgan fingerprint density at radius 1 is 0.274 bits per heavy atom. The van der Waals surface area contributed by atoms with E-state index >= 15 is 0 Å². The highest BCUT2D eigenvalue weighted by molar-refractivity contribution is 7.47. The quantitative estimate of drug-likeness (QED) is 0.0169. The van der Waals surface area contributed by atoms with Crippen LogP contribution in [0.25, 0.3) is 0 Å². The first kappa shape index (κ1) is 101. The number of hydrogen-bond acceptors (Lipinski definition) is 15. The fourth-order valence-corrected chi connectivity index (χ4v) is 12.1. The van der Waals surface area contributed by atoms with Crippen LogP contribution in [-0.2, 0) is 65.4 Å². The van der Waals surface area contributed by atoms with Crippen molar-refractivity contribution in [2.45, 2.75) is 341 Å². The zero-order chi connectivity index (χ0) is 77.4. The maximum atomic E-state index is 13.1. The normalized spacial score (nSPS) is 14.6. The van der Waals surface area contributed by atoms with E-state index in [4.69, 9.17) is 37.0 Å². The van der Waals surface area contributed by atoms with Gasteiger partial charge in [-0.25, -0.2) is 9.13 Å². The maximum absolute atomic E-state index is 13.1. The molecular formula is C87H146O17P2. The van der Waals surface area contributed by atoms with Crippen LogP contribution >= 0.6 is 15.6 Å². The van der Waals surface area contributed by atoms with Crippen LogP contribution in [0.15, 0.2) is 146 Å². The molecule has 0 saturated carbocycles. The summed E-state index contributed by atoms with van der Waals surface area (Å²) in [6, 6.07) is 0. The average molecular weight is 1530 g/mol. The largest absolute Gasteiger partial charge is 0.472 e. The van der Waals surface area contributed by atoms with Crippen LogP contribution in [-0.4, -0.2) is 96.7 Å². The van der Waals surface area contributed by atoms with Gasteiger partial charge in [0.05, 0.1) is 26.4 Å². The summed E-state index contributed by atoms with van der Waals surface area (Å²) in [7, 11) is -9.98. The summed E-state index contributed by atoms with van der Waals surface area (Å²) in [5.74, 6) is -2.24. The van der Waals surface area contributed by atoms with Crippen molar-refractivity contribution < 1.29 is 80.2 Å². The Bertz CT molecular complexity index is 2580. The van der Waals surface area contributed by atoms with E-state index in [1.54, 1.807) is 0 Å². The second-order valence-corrected chi connectivity index (χ2v) is 29.8. The molecule has 17 nitrogen and oxygen atoms in total. The molecule has 0 rings (SSSR count). The summed E-state index contributed by atoms with van der Waals surface area (Å²) >= 11 is 0. The van der Waals surface area contributed by atoms with Gasteiger partial charge >= 0.3 is 39.5 Å². The van der Waals surface area contributed by atoms with Crippen molar-refractivity contribution in [1.82, 2.24) is 0 Å². The average Bonchev–Trinajstić information content (AvgIpc) is 0.901. The van der Waals surface area contributed by atoms with Gasteiger partial charge in [-0.3, -0.25) is 37.3 Å². The molecular weight excluding hydrogens is 1380 g/mol. The van der Waals surface area contributed by atoms with Gasteiger partial charge < -0.3 is 33.8 Å². The summed E-state index contributed by atoms with van der Waals surface area (Å²) in [5, 5.41) is 10.7. The van der Waals surface area contributed by atoms with Crippen molar-refractivity contribution in [2.24, 2.45) is 0 Å². The van der Waals surface area contributed by atoms with Gasteiger partial charge in [-0.2, -0.15) is 0 Å². The van der Waals surface area contributed by atoms with Crippen LogP contribution < -0.4 is 0 Å². The van der Waals surface area contributed by atoms with Crippen molar-refractivity contribution in [1.29, 1.82) is 0 Å². The van der Waals surface area contributed by atoms with E-state index in [2.05, 4.69) is 174 Å². The minimum atomic E-state index is -4.99. The molecule has 19 heteroatoms. The fourth-order valence-electron chi connectivity index (χ4n) is 10.6. The van der Waals surface area contributed by atoms with Crippen LogP contribution in [0, 0.1) is 0 Å². The minimum absolute atomic E-state index is 0.0685. The predicted molar refractivity (Wildman–Crippen MR) is 436 cm³/mol. The van der Waals surface area contributed by atoms with Gasteiger partial charge in [0, 0.05) is 25.7 Å². The number of aliphatic hydroxyl groups excluding tert-OH is 1. The van der Waals surface area contributed by atoms with Gasteiger partial charge in [0.25, 0.3) is 0 Å². The lowest BCUT2D eigenvalue weighted by molar-refractivity contribution is -0.161. The second-order valence-electron chi connectivity index (χ2n) is 26.9. The van der Waals surface area contributed by atoms with Crippen LogP contribution in [0.4, 0.5) is 0 Å². The summed E-state index contributed by atoms with van der Waals surface area (Å²) in [6.07, 6.45) is 89.6. The van der Waals surface area contributed by atoms with Crippen molar-refractivity contribution >= 4 is 39.5 Å². The summed E-state index contributed by atoms with van der Waals surface area (Å²) in [5.41, 5.74) is 0. The third kappa shape index (κ3) is 77.1. The van der Waals surface area contributed by atoms with Gasteiger partial charge in [-0.1, -0.05) is 283 Å². The van der Waals surface area contributed by atoms with Crippen LogP contribution in [0.2, 0.25) is 0 Å². The third-order valence-corrected chi connectivity index (χ3v) is 18.7. The molecule has 0 heterocycles. The zero-order valence-electron chi connectivity index (χ0n) is 66.3. The van der Waals surface area contributed by atoms with Gasteiger partial charge in [-0.05, 0) is 161 Å². The molecule has 0 aromatic heterocycles. The molecule has 0 aromatic carbocycles. The Morgan fingerprint density at radius 2 is 0.509 bits per heavy atom. The lowest BCUT2D eigenvalue weighted by atomic mass is 10.1. The third-order valence-electron chi connectivity index (χ3n) is 16.7. The fraction of sp³-hybridized carbons (Fsp3) is 0.678. The second kappa shape index (κ2) is 78.1. The molecule has 0 aromatic rings. The number of unbranched alkanes of at least 4 members (excludes halogenated alkanes) is 26. The zero-order valence-corrected chi connectivity index (χ0v) is 68.1. The molecule has 3 N–H and O–H groups in total. The smallest absolute Gasteiger partial charge is 0.462 e. The maximum Gasteiger partial charge on any atom is 0.472 e. The van der Waals surface area contributed by atoms with Crippen molar-refractivity contribution in [3.63, 3.8) is 0 Å². The van der Waals surface area contributed by atoms with Gasteiger partial charge in [0.15, 0.2) is 12.2 Å². The SMILES string of the molecule is CC/C=C\C/C=C\C/C=C\C/C=C\CCCCCCCCC(=O)OCC(COP(=O)(O)OCC(O)COP(=O)(O)OCC(COC(=O)CCCCCCCC/C=C\C/C=C\C/C=C\CCCCC)OC(=O)CCCCCCC/C=C\C/C=C\C/C=C\CC)OC(=O)CCCCCCC/C=C\C/C=C\CCC. The molecule has 5 atom stereocenters. The number of allylic oxidation sites excluding steroid dienone is 24. The van der Waals surface area contributed by atoms with Crippen LogP contribution in [0.3, 0.4) is 0 Å². The number of ether oxygens (including phenoxy) is 4. The van der Waals surface area contributed by atoms with E-state index in [9.17, 15) is 43.2 Å². The highest BCUT2D eigenvalue weighted by atomic mass is 31.2. The van der Waals surface area contributed by atoms with Crippen LogP contribution in [0.5, 0.6) is 0 Å². The Balaban J connectivity index is 5.38.